The molecule has 0 bridgehead atoms. The second-order valence-electron chi connectivity index (χ2n) is 2.50. The molecule has 1 rings (SSSR count). The van der Waals surface area contributed by atoms with Crippen molar-refractivity contribution in [3.63, 3.8) is 0 Å². The number of thioether (sulfide) groups is 2. The maximum absolute atomic E-state index is 11.9. The van der Waals surface area contributed by atoms with E-state index in [-0.39, 0.29) is 10.1 Å². The van der Waals surface area contributed by atoms with E-state index < -0.39 is 4.33 Å². The van der Waals surface area contributed by atoms with Crippen LogP contribution in [-0.2, 0) is 0 Å². The number of rotatable bonds is 2. The van der Waals surface area contributed by atoms with E-state index in [2.05, 4.69) is 0 Å². The average Bonchev–Trinajstić information content (AvgIpc) is 2.15. The van der Waals surface area contributed by atoms with Crippen LogP contribution in [0, 0.1) is 5.21 Å². The smallest absolute Gasteiger partial charge is 0.261 e. The Bertz CT molecular complexity index is 307. The van der Waals surface area contributed by atoms with Gasteiger partial charge in [-0.25, -0.2) is 0 Å². The van der Waals surface area contributed by atoms with Gasteiger partial charge >= 0.3 is 0 Å². The number of alkyl halides is 1. The van der Waals surface area contributed by atoms with Crippen molar-refractivity contribution >= 4 is 58.3 Å². The highest BCUT2D eigenvalue weighted by molar-refractivity contribution is 8.02. The first-order chi connectivity index (χ1) is 6.47. The zero-order valence-corrected chi connectivity index (χ0v) is 11.3. The molecule has 0 aromatic carbocycles. The monoisotopic (exact) mass is 291 g/mol. The van der Waals surface area contributed by atoms with Crippen LogP contribution in [0.25, 0.3) is 0 Å². The second-order valence-corrected chi connectivity index (χ2v) is 5.94. The maximum atomic E-state index is 11.9. The molecule has 2 unspecified atom stereocenters. The minimum Gasteiger partial charge on any atom is -0.626 e. The molecule has 0 amide bonds. The third kappa shape index (κ3) is 2.07. The van der Waals surface area contributed by atoms with Crippen molar-refractivity contribution in [2.24, 2.45) is 0 Å². The Morgan fingerprint density at radius 3 is 2.43 bits per heavy atom. The standard InChI is InChI=1S/C7H8Cl3NOS2/c1-13-6-4(8)3-5(9)7(10,14-2)11(6)12/h3,11H,1-2H3. The largest absolute Gasteiger partial charge is 0.626 e. The summed E-state index contributed by atoms with van der Waals surface area (Å²) in [5, 5.41) is 12.7. The van der Waals surface area contributed by atoms with Crippen LogP contribution in [0.4, 0.5) is 0 Å². The van der Waals surface area contributed by atoms with Gasteiger partial charge in [0.1, 0.15) is 10.1 Å². The summed E-state index contributed by atoms with van der Waals surface area (Å²) in [7, 11) is 0. The van der Waals surface area contributed by atoms with E-state index in [1.165, 1.54) is 29.6 Å². The fraction of sp³-hybridized carbons (Fsp3) is 0.429. The molecule has 0 saturated carbocycles. The first kappa shape index (κ1) is 13.0. The Hall–Kier alpha value is 0.970. The molecular formula is C7H8Cl3NOS2. The third-order valence-corrected chi connectivity index (χ3v) is 5.39. The Morgan fingerprint density at radius 2 is 2.00 bits per heavy atom. The Morgan fingerprint density at radius 1 is 1.43 bits per heavy atom. The number of halogens is 3. The van der Waals surface area contributed by atoms with Crippen LogP contribution in [0.2, 0.25) is 0 Å². The van der Waals surface area contributed by atoms with Crippen LogP contribution in [-0.4, -0.2) is 16.8 Å². The van der Waals surface area contributed by atoms with Gasteiger partial charge in [-0.3, -0.25) is 0 Å². The molecule has 1 aliphatic heterocycles. The number of nitrogens with one attached hydrogen (secondary N) is 1. The van der Waals surface area contributed by atoms with Gasteiger partial charge in [0.05, 0.1) is 0 Å². The molecule has 0 saturated heterocycles. The van der Waals surface area contributed by atoms with Gasteiger partial charge in [-0.1, -0.05) is 46.7 Å². The number of hydrogen-bond acceptors (Lipinski definition) is 3. The first-order valence-electron chi connectivity index (χ1n) is 3.57. The molecular weight excluding hydrogens is 285 g/mol. The summed E-state index contributed by atoms with van der Waals surface area (Å²) in [6.45, 7) is 0. The van der Waals surface area contributed by atoms with Crippen molar-refractivity contribution in [2.45, 2.75) is 4.33 Å². The molecule has 0 spiro atoms. The van der Waals surface area contributed by atoms with E-state index in [1.807, 2.05) is 0 Å². The van der Waals surface area contributed by atoms with Crippen LogP contribution in [0.5, 0.6) is 0 Å². The lowest BCUT2D eigenvalue weighted by atomic mass is 10.4. The van der Waals surface area contributed by atoms with Crippen molar-refractivity contribution in [1.29, 1.82) is 0 Å². The van der Waals surface area contributed by atoms with Crippen LogP contribution in [0.15, 0.2) is 21.2 Å². The molecule has 0 radical (unpaired) electrons. The van der Waals surface area contributed by atoms with Gasteiger partial charge in [-0.05, 0) is 30.2 Å². The molecule has 7 heteroatoms. The lowest BCUT2D eigenvalue weighted by Crippen LogP contribution is -3.13. The third-order valence-electron chi connectivity index (χ3n) is 1.76. The van der Waals surface area contributed by atoms with E-state index >= 15 is 0 Å². The second kappa shape index (κ2) is 4.87. The fourth-order valence-electron chi connectivity index (χ4n) is 1.01. The fourth-order valence-corrected chi connectivity index (χ4v) is 3.33. The molecule has 14 heavy (non-hydrogen) atoms. The maximum Gasteiger partial charge on any atom is 0.261 e. The predicted molar refractivity (Wildman–Crippen MR) is 66.8 cm³/mol. The van der Waals surface area contributed by atoms with Gasteiger partial charge in [0, 0.05) is 0 Å². The average molecular weight is 293 g/mol. The van der Waals surface area contributed by atoms with Crippen molar-refractivity contribution in [2.75, 3.05) is 12.5 Å². The first-order valence-corrected chi connectivity index (χ1v) is 7.16. The Balaban J connectivity index is 3.18. The van der Waals surface area contributed by atoms with E-state index in [9.17, 15) is 5.21 Å². The zero-order valence-electron chi connectivity index (χ0n) is 7.44. The quantitative estimate of drug-likeness (QED) is 0.481. The Kier molecular flexibility index (Phi) is 4.53. The van der Waals surface area contributed by atoms with Crippen molar-refractivity contribution in [3.8, 4) is 0 Å². The Labute approximate surface area is 106 Å². The molecule has 80 valence electrons. The van der Waals surface area contributed by atoms with Crippen LogP contribution in [0.3, 0.4) is 0 Å². The van der Waals surface area contributed by atoms with Crippen LogP contribution < -0.4 is 5.06 Å². The molecule has 2 atom stereocenters. The number of hydroxylamine groups is 2. The van der Waals surface area contributed by atoms with Crippen LogP contribution in [0.1, 0.15) is 0 Å². The molecule has 0 fully saturated rings. The van der Waals surface area contributed by atoms with Gasteiger partial charge in [0.2, 0.25) is 0 Å². The SMILES string of the molecule is CSC1=C(Cl)C=C(Cl)C(Cl)(SC)[NH+]1[O-]. The van der Waals surface area contributed by atoms with E-state index in [0.717, 1.165) is 0 Å². The van der Waals surface area contributed by atoms with Gasteiger partial charge in [0.15, 0.2) is 5.03 Å². The molecule has 1 heterocycles. The zero-order chi connectivity index (χ0) is 10.9. The van der Waals surface area contributed by atoms with Crippen LogP contribution >= 0.6 is 58.3 Å². The minimum absolute atomic E-state index is 0.239. The molecule has 1 N–H and O–H groups in total. The summed E-state index contributed by atoms with van der Waals surface area (Å²) in [6, 6.07) is 0. The lowest BCUT2D eigenvalue weighted by molar-refractivity contribution is -0.815. The number of hydrogen-bond donors (Lipinski definition) is 1. The highest BCUT2D eigenvalue weighted by Crippen LogP contribution is 2.38. The lowest BCUT2D eigenvalue weighted by Gasteiger charge is -2.39. The molecule has 1 aliphatic rings. The summed E-state index contributed by atoms with van der Waals surface area (Å²) in [5.74, 6) is 0. The molecule has 2 nitrogen and oxygen atoms in total. The van der Waals surface area contributed by atoms with Gasteiger partial charge in [-0.15, -0.1) is 0 Å². The van der Waals surface area contributed by atoms with E-state index in [1.54, 1.807) is 12.5 Å². The number of quaternary nitrogens is 1. The molecule has 0 aromatic heterocycles. The topological polar surface area (TPSA) is 27.5 Å². The minimum atomic E-state index is -1.20. The summed E-state index contributed by atoms with van der Waals surface area (Å²) in [5.41, 5.74) is 0. The van der Waals surface area contributed by atoms with E-state index in [4.69, 9.17) is 34.8 Å². The summed E-state index contributed by atoms with van der Waals surface area (Å²) in [4.78, 5) is 0. The number of allylic oxidation sites excluding steroid dienone is 2. The van der Waals surface area contributed by atoms with Gasteiger partial charge in [-0.2, -0.15) is 0 Å². The normalized spacial score (nSPS) is 33.3. The van der Waals surface area contributed by atoms with Gasteiger partial charge < -0.3 is 10.3 Å². The summed E-state index contributed by atoms with van der Waals surface area (Å²) < 4.78 is -1.20. The van der Waals surface area contributed by atoms with Crippen molar-refractivity contribution in [1.82, 2.24) is 0 Å². The summed E-state index contributed by atoms with van der Waals surface area (Å²) >= 11 is 20.3. The van der Waals surface area contributed by atoms with Crippen molar-refractivity contribution in [3.05, 3.63) is 26.4 Å². The van der Waals surface area contributed by atoms with Gasteiger partial charge in [0.25, 0.3) is 4.33 Å². The highest BCUT2D eigenvalue weighted by Gasteiger charge is 2.43. The molecule has 0 aromatic rings. The van der Waals surface area contributed by atoms with E-state index in [0.29, 0.717) is 10.1 Å². The summed E-state index contributed by atoms with van der Waals surface area (Å²) in [6.07, 6.45) is 5.04. The molecule has 0 aliphatic carbocycles. The highest BCUT2D eigenvalue weighted by atomic mass is 35.5. The predicted octanol–water partition coefficient (Wildman–Crippen LogP) is 2.53. The van der Waals surface area contributed by atoms with Crippen molar-refractivity contribution < 1.29 is 5.06 Å².